The van der Waals surface area contributed by atoms with Gasteiger partial charge in [0.05, 0.1) is 5.33 Å². The maximum atomic E-state index is 14.0. The molecule has 1 aromatic heterocycles. The van der Waals surface area contributed by atoms with Crippen LogP contribution in [0.15, 0.2) is 109 Å². The van der Waals surface area contributed by atoms with Gasteiger partial charge in [-0.3, -0.25) is 14.3 Å². The summed E-state index contributed by atoms with van der Waals surface area (Å²) in [6.07, 6.45) is -0.451. The lowest BCUT2D eigenvalue weighted by Crippen LogP contribution is -2.43. The number of amides is 1. The van der Waals surface area contributed by atoms with E-state index in [1.807, 2.05) is 65.2 Å². The molecule has 0 spiro atoms. The van der Waals surface area contributed by atoms with Crippen molar-refractivity contribution in [3.05, 3.63) is 131 Å². The number of hydrogen-bond acceptors (Lipinski definition) is 3. The first kappa shape index (κ1) is 23.5. The zero-order chi connectivity index (χ0) is 25.4. The number of carbonyl (C=O) groups is 1. The number of rotatable bonds is 5. The second-order valence-electron chi connectivity index (χ2n) is 8.72. The van der Waals surface area contributed by atoms with Gasteiger partial charge in [0.15, 0.2) is 5.69 Å². The molecule has 0 radical (unpaired) electrons. The fraction of sp³-hybridized carbons (Fsp3) is 0.0667. The Hall–Kier alpha value is -3.87. The van der Waals surface area contributed by atoms with E-state index in [0.717, 1.165) is 33.9 Å². The molecule has 37 heavy (non-hydrogen) atoms. The zero-order valence-corrected chi connectivity index (χ0v) is 22.0. The molecule has 0 saturated carbocycles. The highest BCUT2D eigenvalue weighted by Crippen LogP contribution is 2.39. The van der Waals surface area contributed by atoms with Gasteiger partial charge in [-0.15, -0.1) is 0 Å². The summed E-state index contributed by atoms with van der Waals surface area (Å²) in [5.74, 6) is 1.24. The zero-order valence-electron chi connectivity index (χ0n) is 19.7. The first-order valence-corrected chi connectivity index (χ1v) is 13.4. The number of aromatic nitrogens is 2. The first-order valence-electron chi connectivity index (χ1n) is 11.9. The van der Waals surface area contributed by atoms with Gasteiger partial charge >= 0.3 is 0 Å². The minimum atomic E-state index is -0.451. The summed E-state index contributed by atoms with van der Waals surface area (Å²) in [7, 11) is 0. The van der Waals surface area contributed by atoms with Crippen LogP contribution in [0.5, 0.6) is 0 Å². The molecule has 0 fully saturated rings. The van der Waals surface area contributed by atoms with Crippen molar-refractivity contribution in [1.29, 1.82) is 0 Å². The number of halogens is 2. The number of para-hydroxylation sites is 1. The summed E-state index contributed by atoms with van der Waals surface area (Å²) in [4.78, 5) is 20.5. The number of anilines is 2. The van der Waals surface area contributed by atoms with Gasteiger partial charge in [-0.25, -0.2) is 4.98 Å². The van der Waals surface area contributed by atoms with E-state index >= 15 is 0 Å². The van der Waals surface area contributed by atoms with Crippen LogP contribution in [0.2, 0.25) is 5.02 Å². The van der Waals surface area contributed by atoms with Gasteiger partial charge in [-0.2, -0.15) is 0 Å². The van der Waals surface area contributed by atoms with E-state index in [1.165, 1.54) is 0 Å². The molecule has 0 saturated heterocycles. The Bertz CT molecular complexity index is 1550. The third kappa shape index (κ3) is 4.32. The molecular weight excluding hydrogens is 548 g/mol. The van der Waals surface area contributed by atoms with Crippen molar-refractivity contribution in [2.24, 2.45) is 0 Å². The highest BCUT2D eigenvalue weighted by Gasteiger charge is 2.38. The minimum absolute atomic E-state index is 0.176. The molecule has 1 amide bonds. The average Bonchev–Trinajstić information content (AvgIpc) is 3.34. The SMILES string of the molecule is O=C1c2nc(CBr)n(-c3ccccc3)c2NC(c2ccc(-c3ccccc3)cc2)N1c1ccc(Cl)cc1. The van der Waals surface area contributed by atoms with Crippen LogP contribution in [0, 0.1) is 0 Å². The summed E-state index contributed by atoms with van der Waals surface area (Å²) < 4.78 is 2.01. The fourth-order valence-electron chi connectivity index (χ4n) is 4.71. The minimum Gasteiger partial charge on any atom is -0.345 e. The van der Waals surface area contributed by atoms with Gasteiger partial charge in [0, 0.05) is 16.4 Å². The molecule has 1 N–H and O–H groups in total. The van der Waals surface area contributed by atoms with Crippen molar-refractivity contribution in [3.63, 3.8) is 0 Å². The van der Waals surface area contributed by atoms with E-state index in [9.17, 15) is 4.79 Å². The number of fused-ring (bicyclic) bond motifs is 1. The van der Waals surface area contributed by atoms with Crippen LogP contribution in [-0.2, 0) is 5.33 Å². The fourth-order valence-corrected chi connectivity index (χ4v) is 5.21. The molecule has 6 rings (SSSR count). The van der Waals surface area contributed by atoms with Crippen molar-refractivity contribution < 1.29 is 4.79 Å². The van der Waals surface area contributed by atoms with Crippen LogP contribution >= 0.6 is 27.5 Å². The van der Waals surface area contributed by atoms with E-state index in [4.69, 9.17) is 16.6 Å². The molecule has 5 nitrogen and oxygen atoms in total. The quantitative estimate of drug-likeness (QED) is 0.219. The Morgan fingerprint density at radius 1 is 0.784 bits per heavy atom. The van der Waals surface area contributed by atoms with Crippen LogP contribution < -0.4 is 10.2 Å². The molecule has 1 unspecified atom stereocenters. The van der Waals surface area contributed by atoms with Crippen molar-refractivity contribution >= 4 is 44.9 Å². The number of benzene rings is 4. The number of hydrogen-bond donors (Lipinski definition) is 1. The van der Waals surface area contributed by atoms with Gasteiger partial charge in [-0.05, 0) is 53.1 Å². The standard InChI is InChI=1S/C30H22BrClN4O/c31-19-26-33-27-29(35(26)24-9-5-2-6-10-24)34-28(36(30(27)37)25-17-15-23(32)16-18-25)22-13-11-21(12-14-22)20-7-3-1-4-8-20/h1-18,28,34H,19H2. The highest BCUT2D eigenvalue weighted by molar-refractivity contribution is 9.08. The van der Waals surface area contributed by atoms with E-state index in [1.54, 1.807) is 17.0 Å². The molecule has 5 aromatic rings. The second kappa shape index (κ2) is 9.88. The van der Waals surface area contributed by atoms with Crippen LogP contribution in [0.1, 0.15) is 28.0 Å². The first-order chi connectivity index (χ1) is 18.1. The van der Waals surface area contributed by atoms with E-state index in [0.29, 0.717) is 21.9 Å². The van der Waals surface area contributed by atoms with Crippen molar-refractivity contribution in [1.82, 2.24) is 9.55 Å². The number of nitrogens with zero attached hydrogens (tertiary/aromatic N) is 3. The molecule has 1 aliphatic rings. The topological polar surface area (TPSA) is 50.2 Å². The van der Waals surface area contributed by atoms with Crippen LogP contribution in [0.25, 0.3) is 16.8 Å². The van der Waals surface area contributed by atoms with Gasteiger partial charge in [-0.1, -0.05) is 100 Å². The van der Waals surface area contributed by atoms with Crippen molar-refractivity contribution in [2.75, 3.05) is 10.2 Å². The van der Waals surface area contributed by atoms with Crippen LogP contribution in [-0.4, -0.2) is 15.5 Å². The van der Waals surface area contributed by atoms with E-state index in [2.05, 4.69) is 57.6 Å². The number of alkyl halides is 1. The second-order valence-corrected chi connectivity index (χ2v) is 9.71. The maximum Gasteiger partial charge on any atom is 0.282 e. The molecule has 0 aliphatic carbocycles. The summed E-state index contributed by atoms with van der Waals surface area (Å²) in [5, 5.41) is 4.75. The van der Waals surface area contributed by atoms with E-state index in [-0.39, 0.29) is 5.91 Å². The molecule has 0 bridgehead atoms. The largest absolute Gasteiger partial charge is 0.345 e. The summed E-state index contributed by atoms with van der Waals surface area (Å²) in [5.41, 5.74) is 5.26. The van der Waals surface area contributed by atoms with Gasteiger partial charge in [0.2, 0.25) is 0 Å². The van der Waals surface area contributed by atoms with Gasteiger partial charge in [0.25, 0.3) is 5.91 Å². The number of carbonyl (C=O) groups excluding carboxylic acids is 1. The Labute approximate surface area is 228 Å². The Balaban J connectivity index is 1.49. The Morgan fingerprint density at radius 3 is 2.05 bits per heavy atom. The third-order valence-electron chi connectivity index (χ3n) is 6.47. The normalized spacial score (nSPS) is 14.8. The monoisotopic (exact) mass is 568 g/mol. The lowest BCUT2D eigenvalue weighted by Gasteiger charge is -2.37. The predicted molar refractivity (Wildman–Crippen MR) is 153 cm³/mol. The molecule has 182 valence electrons. The average molecular weight is 570 g/mol. The van der Waals surface area contributed by atoms with Gasteiger partial charge in [0.1, 0.15) is 17.8 Å². The van der Waals surface area contributed by atoms with Crippen molar-refractivity contribution in [3.8, 4) is 16.8 Å². The Morgan fingerprint density at radius 2 is 1.41 bits per heavy atom. The van der Waals surface area contributed by atoms with E-state index < -0.39 is 6.17 Å². The summed E-state index contributed by atoms with van der Waals surface area (Å²) in [6.45, 7) is 0. The van der Waals surface area contributed by atoms with Gasteiger partial charge < -0.3 is 5.32 Å². The maximum absolute atomic E-state index is 14.0. The lowest BCUT2D eigenvalue weighted by atomic mass is 10.0. The smallest absolute Gasteiger partial charge is 0.282 e. The summed E-state index contributed by atoms with van der Waals surface area (Å²) >= 11 is 9.73. The predicted octanol–water partition coefficient (Wildman–Crippen LogP) is 7.86. The van der Waals surface area contributed by atoms with Crippen LogP contribution in [0.4, 0.5) is 11.5 Å². The molecule has 4 aromatic carbocycles. The summed E-state index contributed by atoms with van der Waals surface area (Å²) in [6, 6.07) is 35.8. The molecular formula is C30H22BrClN4O. The molecule has 2 heterocycles. The Kier molecular flexibility index (Phi) is 6.28. The molecule has 1 atom stereocenters. The number of imidazole rings is 1. The third-order valence-corrected chi connectivity index (χ3v) is 7.23. The van der Waals surface area contributed by atoms with Crippen molar-refractivity contribution in [2.45, 2.75) is 11.5 Å². The number of nitrogens with one attached hydrogen (secondary N) is 1. The van der Waals surface area contributed by atoms with Crippen LogP contribution in [0.3, 0.4) is 0 Å². The molecule has 1 aliphatic heterocycles. The highest BCUT2D eigenvalue weighted by atomic mass is 79.9. The lowest BCUT2D eigenvalue weighted by molar-refractivity contribution is 0.0970. The molecule has 7 heteroatoms.